The van der Waals surface area contributed by atoms with Gasteiger partial charge in [0.1, 0.15) is 18.1 Å². The van der Waals surface area contributed by atoms with Gasteiger partial charge in [-0.25, -0.2) is 9.79 Å². The van der Waals surface area contributed by atoms with E-state index in [1.54, 1.807) is 25.1 Å². The maximum absolute atomic E-state index is 13.6. The summed E-state index contributed by atoms with van der Waals surface area (Å²) >= 11 is 7.02. The van der Waals surface area contributed by atoms with Crippen molar-refractivity contribution in [3.8, 4) is 5.75 Å². The van der Waals surface area contributed by atoms with Crippen LogP contribution in [-0.2, 0) is 16.1 Å². The average Bonchev–Trinajstić information content (AvgIpc) is 3.50. The molecule has 12 heteroatoms. The molecule has 198 valence electrons. The lowest BCUT2D eigenvalue weighted by Gasteiger charge is -2.24. The molecular formula is C27H20ClN3O7S. The van der Waals surface area contributed by atoms with E-state index in [1.165, 1.54) is 41.2 Å². The molecule has 0 bridgehead atoms. The van der Waals surface area contributed by atoms with E-state index in [2.05, 4.69) is 4.99 Å². The number of nitro benzene ring substituents is 1. The topological polar surface area (TPSA) is 126 Å². The summed E-state index contributed by atoms with van der Waals surface area (Å²) in [4.78, 5) is 41.9. The number of aromatic nitrogens is 1. The van der Waals surface area contributed by atoms with Crippen LogP contribution in [0.3, 0.4) is 0 Å². The number of ether oxygens (including phenoxy) is 2. The second-order valence-electron chi connectivity index (χ2n) is 8.45. The smallest absolute Gasteiger partial charge is 0.338 e. The zero-order valence-electron chi connectivity index (χ0n) is 20.6. The number of hydrogen-bond acceptors (Lipinski definition) is 9. The second kappa shape index (κ2) is 10.7. The Balaban J connectivity index is 1.48. The Kier molecular flexibility index (Phi) is 7.18. The summed E-state index contributed by atoms with van der Waals surface area (Å²) in [5.41, 5.74) is 0.902. The van der Waals surface area contributed by atoms with E-state index in [1.807, 2.05) is 30.3 Å². The number of furan rings is 1. The van der Waals surface area contributed by atoms with Crippen LogP contribution in [0.5, 0.6) is 5.75 Å². The van der Waals surface area contributed by atoms with Gasteiger partial charge in [0, 0.05) is 17.2 Å². The lowest BCUT2D eigenvalue weighted by Crippen LogP contribution is -2.39. The third kappa shape index (κ3) is 5.14. The van der Waals surface area contributed by atoms with Crippen molar-refractivity contribution >= 4 is 40.7 Å². The number of esters is 1. The monoisotopic (exact) mass is 565 g/mol. The SMILES string of the molecule is COC(=O)C1=C(C)N=c2sc(=Cc3ccc(COc4ccc(Cl)cc4[N+](=O)[O-])o3)c(=O)n2[C@H]1c1ccccc1. The first-order chi connectivity index (χ1) is 18.8. The third-order valence-corrected chi connectivity index (χ3v) is 7.20. The zero-order valence-corrected chi connectivity index (χ0v) is 22.2. The van der Waals surface area contributed by atoms with Gasteiger partial charge >= 0.3 is 11.7 Å². The predicted molar refractivity (Wildman–Crippen MR) is 143 cm³/mol. The number of carbonyl (C=O) groups is 1. The average molecular weight is 566 g/mol. The van der Waals surface area contributed by atoms with Gasteiger partial charge in [-0.15, -0.1) is 0 Å². The molecule has 0 saturated heterocycles. The Morgan fingerprint density at radius 2 is 2.00 bits per heavy atom. The molecule has 1 aliphatic rings. The maximum Gasteiger partial charge on any atom is 0.338 e. The highest BCUT2D eigenvalue weighted by molar-refractivity contribution is 7.07. The van der Waals surface area contributed by atoms with E-state index >= 15 is 0 Å². The lowest BCUT2D eigenvalue weighted by molar-refractivity contribution is -0.385. The molecule has 0 N–H and O–H groups in total. The van der Waals surface area contributed by atoms with Gasteiger partial charge in [-0.05, 0) is 36.8 Å². The van der Waals surface area contributed by atoms with Crippen LogP contribution in [0.1, 0.15) is 30.0 Å². The summed E-state index contributed by atoms with van der Waals surface area (Å²) in [6.07, 6.45) is 1.58. The molecule has 0 spiro atoms. The van der Waals surface area contributed by atoms with Gasteiger partial charge < -0.3 is 13.9 Å². The van der Waals surface area contributed by atoms with Crippen LogP contribution in [0.2, 0.25) is 5.02 Å². The predicted octanol–water partition coefficient (Wildman–Crippen LogP) is 4.14. The van der Waals surface area contributed by atoms with Crippen molar-refractivity contribution in [2.75, 3.05) is 7.11 Å². The highest BCUT2D eigenvalue weighted by Crippen LogP contribution is 2.31. The number of fused-ring (bicyclic) bond motifs is 1. The van der Waals surface area contributed by atoms with Gasteiger partial charge in [-0.2, -0.15) is 0 Å². The largest absolute Gasteiger partial charge is 0.479 e. The van der Waals surface area contributed by atoms with Crippen LogP contribution in [-0.4, -0.2) is 22.6 Å². The van der Waals surface area contributed by atoms with Crippen LogP contribution in [0.25, 0.3) is 6.08 Å². The summed E-state index contributed by atoms with van der Waals surface area (Å²) in [7, 11) is 1.29. The quantitative estimate of drug-likeness (QED) is 0.187. The molecule has 5 rings (SSSR count). The van der Waals surface area contributed by atoms with Crippen molar-refractivity contribution in [1.29, 1.82) is 0 Å². The van der Waals surface area contributed by atoms with E-state index in [9.17, 15) is 19.7 Å². The summed E-state index contributed by atoms with van der Waals surface area (Å²) in [5, 5.41) is 11.5. The van der Waals surface area contributed by atoms with Gasteiger partial charge in [0.05, 0.1) is 33.9 Å². The maximum atomic E-state index is 13.6. The fraction of sp³-hybridized carbons (Fsp3) is 0.148. The fourth-order valence-electron chi connectivity index (χ4n) is 4.23. The van der Waals surface area contributed by atoms with Crippen LogP contribution in [0, 0.1) is 10.1 Å². The van der Waals surface area contributed by atoms with Crippen molar-refractivity contribution in [3.05, 3.63) is 124 Å². The van der Waals surface area contributed by atoms with Crippen LogP contribution in [0.15, 0.2) is 86.1 Å². The Bertz CT molecular complexity index is 1800. The van der Waals surface area contributed by atoms with Crippen molar-refractivity contribution in [3.63, 3.8) is 0 Å². The van der Waals surface area contributed by atoms with E-state index in [4.69, 9.17) is 25.5 Å². The molecule has 0 saturated carbocycles. The van der Waals surface area contributed by atoms with Crippen molar-refractivity contribution in [1.82, 2.24) is 4.57 Å². The van der Waals surface area contributed by atoms with Gasteiger partial charge in [0.2, 0.25) is 0 Å². The number of benzene rings is 2. The number of carbonyl (C=O) groups excluding carboxylic acids is 1. The van der Waals surface area contributed by atoms with E-state index < -0.39 is 16.9 Å². The molecule has 4 aromatic rings. The molecule has 0 amide bonds. The molecule has 0 fully saturated rings. The zero-order chi connectivity index (χ0) is 27.7. The minimum Gasteiger partial charge on any atom is -0.479 e. The molecule has 3 heterocycles. The normalized spacial score (nSPS) is 15.1. The van der Waals surface area contributed by atoms with Crippen molar-refractivity contribution < 1.29 is 23.6 Å². The van der Waals surface area contributed by atoms with E-state index in [0.717, 1.165) is 5.56 Å². The third-order valence-electron chi connectivity index (χ3n) is 5.99. The minimum absolute atomic E-state index is 0.0494. The van der Waals surface area contributed by atoms with E-state index in [0.29, 0.717) is 26.6 Å². The summed E-state index contributed by atoms with van der Waals surface area (Å²) in [6, 6.07) is 15.9. The first-order valence-corrected chi connectivity index (χ1v) is 12.8. The number of rotatable bonds is 7. The number of halogens is 1. The molecule has 0 radical (unpaired) electrons. The Morgan fingerprint density at radius 1 is 1.23 bits per heavy atom. The molecule has 1 atom stereocenters. The number of thiazole rings is 1. The Labute approximate surface area is 229 Å². The van der Waals surface area contributed by atoms with Gasteiger partial charge in [-0.3, -0.25) is 19.5 Å². The number of nitro groups is 1. The van der Waals surface area contributed by atoms with Gasteiger partial charge in [0.15, 0.2) is 10.6 Å². The minimum atomic E-state index is -0.701. The van der Waals surface area contributed by atoms with Crippen LogP contribution < -0.4 is 19.6 Å². The number of methoxy groups -OCH3 is 1. The van der Waals surface area contributed by atoms with Crippen LogP contribution in [0.4, 0.5) is 5.69 Å². The second-order valence-corrected chi connectivity index (χ2v) is 9.89. The molecule has 1 aliphatic heterocycles. The summed E-state index contributed by atoms with van der Waals surface area (Å²) in [6.45, 7) is 1.64. The molecular weight excluding hydrogens is 546 g/mol. The lowest BCUT2D eigenvalue weighted by atomic mass is 9.96. The highest BCUT2D eigenvalue weighted by atomic mass is 35.5. The molecule has 2 aromatic carbocycles. The summed E-state index contributed by atoms with van der Waals surface area (Å²) in [5.74, 6) is 0.262. The number of hydrogen-bond donors (Lipinski definition) is 0. The van der Waals surface area contributed by atoms with Crippen molar-refractivity contribution in [2.24, 2.45) is 4.99 Å². The highest BCUT2D eigenvalue weighted by Gasteiger charge is 2.33. The molecule has 0 unspecified atom stereocenters. The van der Waals surface area contributed by atoms with E-state index in [-0.39, 0.29) is 34.2 Å². The fourth-order valence-corrected chi connectivity index (χ4v) is 5.42. The molecule has 10 nitrogen and oxygen atoms in total. The van der Waals surface area contributed by atoms with Crippen LogP contribution >= 0.6 is 22.9 Å². The number of allylic oxidation sites excluding steroid dienone is 1. The summed E-state index contributed by atoms with van der Waals surface area (Å²) < 4.78 is 18.2. The first kappa shape index (κ1) is 26.1. The Hall–Kier alpha value is -4.48. The Morgan fingerprint density at radius 3 is 2.72 bits per heavy atom. The standard InChI is InChI=1S/C27H20ClN3O7S/c1-15-23(26(33)36-2)24(16-6-4-3-5-7-16)30-25(32)22(39-27(30)29-15)13-18-9-10-19(38-18)14-37-21-11-8-17(28)12-20(21)31(34)35/h3-13,24H,14H2,1-2H3/t24-/m0/s1. The van der Waals surface area contributed by atoms with Gasteiger partial charge in [-0.1, -0.05) is 53.3 Å². The molecule has 2 aromatic heterocycles. The molecule has 0 aliphatic carbocycles. The first-order valence-electron chi connectivity index (χ1n) is 11.6. The van der Waals surface area contributed by atoms with Gasteiger partial charge in [0.25, 0.3) is 5.56 Å². The molecule has 39 heavy (non-hydrogen) atoms. The number of nitrogens with zero attached hydrogens (tertiary/aromatic N) is 3. The van der Waals surface area contributed by atoms with Crippen molar-refractivity contribution in [2.45, 2.75) is 19.6 Å².